The van der Waals surface area contributed by atoms with Crippen LogP contribution in [0, 0.1) is 17.0 Å². The Bertz CT molecular complexity index is 746. The van der Waals surface area contributed by atoms with Gasteiger partial charge in [-0.15, -0.1) is 0 Å². The number of carbonyl (C=O) groups is 1. The van der Waals surface area contributed by atoms with Crippen molar-refractivity contribution in [3.8, 4) is 5.75 Å². The van der Waals surface area contributed by atoms with Crippen molar-refractivity contribution in [3.05, 3.63) is 58.1 Å². The summed E-state index contributed by atoms with van der Waals surface area (Å²) < 4.78 is 5.52. The lowest BCUT2D eigenvalue weighted by molar-refractivity contribution is -0.385. The van der Waals surface area contributed by atoms with Crippen molar-refractivity contribution in [2.75, 3.05) is 17.7 Å². The molecule has 0 aromatic heterocycles. The summed E-state index contributed by atoms with van der Waals surface area (Å²) in [5.74, 6) is 0.428. The van der Waals surface area contributed by atoms with E-state index in [1.807, 2.05) is 12.1 Å². The van der Waals surface area contributed by atoms with Crippen molar-refractivity contribution in [2.24, 2.45) is 0 Å². The molecule has 7 heteroatoms. The largest absolute Gasteiger partial charge is 0.491 e. The molecule has 2 rings (SSSR count). The molecule has 0 fully saturated rings. The molecule has 2 aromatic carbocycles. The van der Waals surface area contributed by atoms with Crippen molar-refractivity contribution in [1.29, 1.82) is 0 Å². The van der Waals surface area contributed by atoms with Gasteiger partial charge in [-0.3, -0.25) is 14.9 Å². The van der Waals surface area contributed by atoms with Gasteiger partial charge in [0.05, 0.1) is 17.2 Å². The van der Waals surface area contributed by atoms with E-state index >= 15 is 0 Å². The highest BCUT2D eigenvalue weighted by molar-refractivity contribution is 5.90. The highest BCUT2D eigenvalue weighted by atomic mass is 16.6. The Hall–Kier alpha value is -3.09. The Kier molecular flexibility index (Phi) is 5.73. The van der Waals surface area contributed by atoms with E-state index < -0.39 is 4.92 Å². The molecule has 0 atom stereocenters. The summed E-state index contributed by atoms with van der Waals surface area (Å²) in [7, 11) is 0. The van der Waals surface area contributed by atoms with Crippen LogP contribution in [0.2, 0.25) is 0 Å². The number of amides is 1. The number of hydrogen-bond donors (Lipinski definition) is 2. The Morgan fingerprint density at radius 1 is 1.29 bits per heavy atom. The number of nitrogens with two attached hydrogens (primary N) is 1. The average Bonchev–Trinajstić information content (AvgIpc) is 2.53. The summed E-state index contributed by atoms with van der Waals surface area (Å²) in [5.41, 5.74) is 7.39. The van der Waals surface area contributed by atoms with Crippen molar-refractivity contribution in [2.45, 2.75) is 19.8 Å². The van der Waals surface area contributed by atoms with E-state index in [0.29, 0.717) is 35.7 Å². The van der Waals surface area contributed by atoms with Crippen molar-refractivity contribution in [1.82, 2.24) is 0 Å². The zero-order valence-corrected chi connectivity index (χ0v) is 13.3. The average molecular weight is 329 g/mol. The first-order chi connectivity index (χ1) is 11.5. The first-order valence-electron chi connectivity index (χ1n) is 7.49. The third kappa shape index (κ3) is 4.70. The summed E-state index contributed by atoms with van der Waals surface area (Å²) in [5, 5.41) is 13.5. The lowest BCUT2D eigenvalue weighted by Crippen LogP contribution is -2.13. The minimum absolute atomic E-state index is 0.0295. The molecule has 0 unspecified atom stereocenters. The number of nitro benzene ring substituents is 1. The summed E-state index contributed by atoms with van der Waals surface area (Å²) in [6.07, 6.45) is 0.814. The maximum Gasteiger partial charge on any atom is 0.272 e. The molecule has 0 aliphatic carbocycles. The molecule has 0 aliphatic heterocycles. The van der Waals surface area contributed by atoms with Gasteiger partial charge in [-0.05, 0) is 37.6 Å². The fourth-order valence-electron chi connectivity index (χ4n) is 2.19. The zero-order chi connectivity index (χ0) is 17.5. The molecule has 0 bridgehead atoms. The lowest BCUT2D eigenvalue weighted by Gasteiger charge is -2.09. The van der Waals surface area contributed by atoms with Crippen LogP contribution in [0.3, 0.4) is 0 Å². The predicted molar refractivity (Wildman–Crippen MR) is 92.0 cm³/mol. The first-order valence-corrected chi connectivity index (χ1v) is 7.49. The highest BCUT2D eigenvalue weighted by Gasteiger charge is 2.11. The molecule has 0 saturated heterocycles. The second-order valence-electron chi connectivity index (χ2n) is 5.30. The van der Waals surface area contributed by atoms with Crippen LogP contribution in [0.5, 0.6) is 5.75 Å². The van der Waals surface area contributed by atoms with Crippen LogP contribution in [0.4, 0.5) is 17.1 Å². The van der Waals surface area contributed by atoms with Crippen LogP contribution >= 0.6 is 0 Å². The number of nitrogens with one attached hydrogen (secondary N) is 1. The van der Waals surface area contributed by atoms with Crippen LogP contribution in [0.25, 0.3) is 0 Å². The van der Waals surface area contributed by atoms with Gasteiger partial charge < -0.3 is 15.8 Å². The first kappa shape index (κ1) is 17.3. The molecule has 1 amide bonds. The van der Waals surface area contributed by atoms with Crippen molar-refractivity contribution in [3.63, 3.8) is 0 Å². The van der Waals surface area contributed by atoms with E-state index in [0.717, 1.165) is 0 Å². The van der Waals surface area contributed by atoms with Crippen LogP contribution in [-0.4, -0.2) is 17.4 Å². The monoisotopic (exact) mass is 329 g/mol. The SMILES string of the molecule is Cc1cc(NC(=O)CCCOc2ccccc2N)ccc1[N+](=O)[O-]. The van der Waals surface area contributed by atoms with E-state index in [4.69, 9.17) is 10.5 Å². The number of aryl methyl sites for hydroxylation is 1. The third-order valence-electron chi connectivity index (χ3n) is 3.40. The quantitative estimate of drug-likeness (QED) is 0.351. The highest BCUT2D eigenvalue weighted by Crippen LogP contribution is 2.22. The van der Waals surface area contributed by atoms with Crippen LogP contribution in [-0.2, 0) is 4.79 Å². The molecule has 7 nitrogen and oxygen atoms in total. The molecule has 126 valence electrons. The molecule has 24 heavy (non-hydrogen) atoms. The number of anilines is 2. The predicted octanol–water partition coefficient (Wildman–Crippen LogP) is 3.28. The fraction of sp³-hybridized carbons (Fsp3) is 0.235. The zero-order valence-electron chi connectivity index (χ0n) is 13.3. The van der Waals surface area contributed by atoms with E-state index in [1.165, 1.54) is 12.1 Å². The number of rotatable bonds is 7. The van der Waals surface area contributed by atoms with Crippen molar-refractivity contribution < 1.29 is 14.5 Å². The van der Waals surface area contributed by atoms with Gasteiger partial charge in [0.1, 0.15) is 5.75 Å². The number of nitrogen functional groups attached to an aromatic ring is 1. The topological polar surface area (TPSA) is 107 Å². The van der Waals surface area contributed by atoms with E-state index in [-0.39, 0.29) is 18.0 Å². The van der Waals surface area contributed by atoms with Crippen molar-refractivity contribution >= 4 is 23.0 Å². The summed E-state index contributed by atoms with van der Waals surface area (Å²) in [6.45, 7) is 2.01. The van der Waals surface area contributed by atoms with Gasteiger partial charge in [0, 0.05) is 23.7 Å². The standard InChI is InChI=1S/C17H19N3O4/c1-12-11-13(8-9-15(12)20(22)23)19-17(21)7-4-10-24-16-6-3-2-5-14(16)18/h2-3,5-6,8-9,11H,4,7,10,18H2,1H3,(H,19,21). The van der Waals surface area contributed by atoms with E-state index in [9.17, 15) is 14.9 Å². The van der Waals surface area contributed by atoms with Crippen LogP contribution in [0.1, 0.15) is 18.4 Å². The number of ether oxygens (including phenoxy) is 1. The summed E-state index contributed by atoms with van der Waals surface area (Å²) in [6, 6.07) is 11.7. The number of nitrogens with zero attached hydrogens (tertiary/aromatic N) is 1. The second kappa shape index (κ2) is 7.96. The second-order valence-corrected chi connectivity index (χ2v) is 5.30. The van der Waals surface area contributed by atoms with Gasteiger partial charge >= 0.3 is 0 Å². The molecule has 2 aromatic rings. The minimum Gasteiger partial charge on any atom is -0.491 e. The lowest BCUT2D eigenvalue weighted by atomic mass is 10.2. The maximum atomic E-state index is 11.9. The number of benzene rings is 2. The number of hydrogen-bond acceptors (Lipinski definition) is 5. The molecule has 0 heterocycles. The van der Waals surface area contributed by atoms with E-state index in [2.05, 4.69) is 5.32 Å². The number of nitro groups is 1. The van der Waals surface area contributed by atoms with E-state index in [1.54, 1.807) is 25.1 Å². The molecular formula is C17H19N3O4. The van der Waals surface area contributed by atoms with Gasteiger partial charge in [-0.2, -0.15) is 0 Å². The molecule has 0 saturated carbocycles. The van der Waals surface area contributed by atoms with Gasteiger partial charge in [0.15, 0.2) is 0 Å². The normalized spacial score (nSPS) is 10.2. The molecule has 3 N–H and O–H groups in total. The summed E-state index contributed by atoms with van der Waals surface area (Å²) >= 11 is 0. The Morgan fingerprint density at radius 2 is 2.04 bits per heavy atom. The van der Waals surface area contributed by atoms with Crippen LogP contribution in [0.15, 0.2) is 42.5 Å². The minimum atomic E-state index is -0.451. The smallest absolute Gasteiger partial charge is 0.272 e. The molecule has 0 aliphatic rings. The third-order valence-corrected chi connectivity index (χ3v) is 3.40. The molecule has 0 spiro atoms. The Morgan fingerprint density at radius 3 is 2.71 bits per heavy atom. The van der Waals surface area contributed by atoms with Gasteiger partial charge in [-0.25, -0.2) is 0 Å². The van der Waals surface area contributed by atoms with Gasteiger partial charge in [0.25, 0.3) is 5.69 Å². The van der Waals surface area contributed by atoms with Crippen LogP contribution < -0.4 is 15.8 Å². The Labute approximate surface area is 139 Å². The Balaban J connectivity index is 1.78. The maximum absolute atomic E-state index is 11.9. The molecular weight excluding hydrogens is 310 g/mol. The number of para-hydroxylation sites is 2. The van der Waals surface area contributed by atoms with Gasteiger partial charge in [0.2, 0.25) is 5.91 Å². The summed E-state index contributed by atoms with van der Waals surface area (Å²) in [4.78, 5) is 22.2. The number of carbonyl (C=O) groups excluding carboxylic acids is 1. The fourth-order valence-corrected chi connectivity index (χ4v) is 2.19. The van der Waals surface area contributed by atoms with Gasteiger partial charge in [-0.1, -0.05) is 12.1 Å². The molecule has 0 radical (unpaired) electrons.